The second-order valence-corrected chi connectivity index (χ2v) is 5.59. The Morgan fingerprint density at radius 3 is 2.47 bits per heavy atom. The summed E-state index contributed by atoms with van der Waals surface area (Å²) in [6.45, 7) is 7.71. The Morgan fingerprint density at radius 2 is 2.00 bits per heavy atom. The topological polar surface area (TPSA) is 29.3 Å². The molecule has 1 aliphatic rings. The van der Waals surface area contributed by atoms with Gasteiger partial charge in [-0.25, -0.2) is 0 Å². The summed E-state index contributed by atoms with van der Waals surface area (Å²) in [4.78, 5) is 2.46. The third kappa shape index (κ3) is 3.46. The molecular weight excluding hydrogens is 184 g/mol. The van der Waals surface area contributed by atoms with Gasteiger partial charge in [-0.15, -0.1) is 0 Å². The summed E-state index contributed by atoms with van der Waals surface area (Å²) in [7, 11) is 2.22. The summed E-state index contributed by atoms with van der Waals surface area (Å²) < 4.78 is 0. The number of hydrogen-bond donors (Lipinski definition) is 1. The molecule has 1 rings (SSSR count). The largest absolute Gasteiger partial charge is 0.329 e. The van der Waals surface area contributed by atoms with Crippen molar-refractivity contribution < 1.29 is 0 Å². The highest BCUT2D eigenvalue weighted by Crippen LogP contribution is 2.32. The van der Waals surface area contributed by atoms with Gasteiger partial charge >= 0.3 is 0 Å². The number of rotatable bonds is 4. The molecule has 0 bridgehead atoms. The first kappa shape index (κ1) is 13.0. The van der Waals surface area contributed by atoms with Crippen LogP contribution in [0.5, 0.6) is 0 Å². The monoisotopic (exact) mass is 212 g/mol. The fourth-order valence-corrected chi connectivity index (χ4v) is 2.90. The molecule has 15 heavy (non-hydrogen) atoms. The maximum atomic E-state index is 5.95. The third-order valence-electron chi connectivity index (χ3n) is 4.10. The lowest BCUT2D eigenvalue weighted by molar-refractivity contribution is 0.107. The maximum absolute atomic E-state index is 5.95. The van der Waals surface area contributed by atoms with E-state index in [4.69, 9.17) is 5.73 Å². The van der Waals surface area contributed by atoms with Gasteiger partial charge in [0, 0.05) is 18.6 Å². The summed E-state index contributed by atoms with van der Waals surface area (Å²) in [5, 5.41) is 0. The van der Waals surface area contributed by atoms with Crippen molar-refractivity contribution in [3.8, 4) is 0 Å². The van der Waals surface area contributed by atoms with Crippen LogP contribution >= 0.6 is 0 Å². The van der Waals surface area contributed by atoms with Crippen LogP contribution in [0.25, 0.3) is 0 Å². The highest BCUT2D eigenvalue weighted by molar-refractivity contribution is 4.84. The zero-order valence-corrected chi connectivity index (χ0v) is 10.9. The molecule has 1 saturated carbocycles. The van der Waals surface area contributed by atoms with E-state index in [1.807, 2.05) is 0 Å². The van der Waals surface area contributed by atoms with Crippen molar-refractivity contribution in [3.63, 3.8) is 0 Å². The zero-order valence-electron chi connectivity index (χ0n) is 10.9. The Labute approximate surface area is 95.2 Å². The summed E-state index contributed by atoms with van der Waals surface area (Å²) in [6.07, 6.45) is 5.57. The van der Waals surface area contributed by atoms with Crippen LogP contribution < -0.4 is 5.73 Å². The van der Waals surface area contributed by atoms with Crippen molar-refractivity contribution in [2.75, 3.05) is 13.6 Å². The van der Waals surface area contributed by atoms with E-state index in [1.165, 1.54) is 25.7 Å². The van der Waals surface area contributed by atoms with Crippen LogP contribution in [0.2, 0.25) is 0 Å². The highest BCUT2D eigenvalue weighted by atomic mass is 15.2. The van der Waals surface area contributed by atoms with Gasteiger partial charge in [0.2, 0.25) is 0 Å². The Hall–Kier alpha value is -0.0800. The molecule has 0 radical (unpaired) electrons. The second-order valence-electron chi connectivity index (χ2n) is 5.59. The lowest BCUT2D eigenvalue weighted by atomic mass is 9.78. The molecule has 0 spiro atoms. The average molecular weight is 212 g/mol. The Morgan fingerprint density at radius 1 is 1.33 bits per heavy atom. The third-order valence-corrected chi connectivity index (χ3v) is 4.10. The summed E-state index contributed by atoms with van der Waals surface area (Å²) in [5.74, 6) is 1.73. The van der Waals surface area contributed by atoms with Gasteiger partial charge in [0.25, 0.3) is 0 Å². The molecule has 1 aliphatic carbocycles. The zero-order chi connectivity index (χ0) is 11.4. The molecule has 2 N–H and O–H groups in total. The SMILES string of the molecule is CC1CCCC(C(CN)N(C)C(C)C)C1. The van der Waals surface area contributed by atoms with E-state index < -0.39 is 0 Å². The second kappa shape index (κ2) is 5.86. The Balaban J connectivity index is 2.56. The van der Waals surface area contributed by atoms with Gasteiger partial charge in [-0.3, -0.25) is 4.90 Å². The number of hydrogen-bond acceptors (Lipinski definition) is 2. The van der Waals surface area contributed by atoms with Crippen LogP contribution in [0.4, 0.5) is 0 Å². The minimum atomic E-state index is 0.591. The average Bonchev–Trinajstić information content (AvgIpc) is 2.18. The number of nitrogens with zero attached hydrogens (tertiary/aromatic N) is 1. The molecule has 0 saturated heterocycles. The van der Waals surface area contributed by atoms with Gasteiger partial charge in [-0.1, -0.05) is 19.8 Å². The fourth-order valence-electron chi connectivity index (χ4n) is 2.90. The van der Waals surface area contributed by atoms with Gasteiger partial charge in [-0.05, 0) is 45.6 Å². The molecule has 90 valence electrons. The smallest absolute Gasteiger partial charge is 0.0246 e. The van der Waals surface area contributed by atoms with Crippen LogP contribution in [0.1, 0.15) is 46.5 Å². The predicted molar refractivity (Wildman–Crippen MR) is 66.9 cm³/mol. The van der Waals surface area contributed by atoms with Crippen LogP contribution in [-0.4, -0.2) is 30.6 Å². The van der Waals surface area contributed by atoms with Crippen molar-refractivity contribution in [2.24, 2.45) is 17.6 Å². The van der Waals surface area contributed by atoms with Crippen molar-refractivity contribution in [2.45, 2.75) is 58.5 Å². The van der Waals surface area contributed by atoms with E-state index in [-0.39, 0.29) is 0 Å². The minimum Gasteiger partial charge on any atom is -0.329 e. The van der Waals surface area contributed by atoms with Gasteiger partial charge in [0.1, 0.15) is 0 Å². The van der Waals surface area contributed by atoms with Crippen LogP contribution in [0, 0.1) is 11.8 Å². The molecule has 1 fully saturated rings. The Bertz CT molecular complexity index is 179. The molecule has 0 aromatic carbocycles. The highest BCUT2D eigenvalue weighted by Gasteiger charge is 2.29. The lowest BCUT2D eigenvalue weighted by Gasteiger charge is -2.39. The Kier molecular flexibility index (Phi) is 5.07. The molecule has 3 atom stereocenters. The predicted octanol–water partition coefficient (Wildman–Crippen LogP) is 2.48. The number of nitrogens with two attached hydrogens (primary N) is 1. The van der Waals surface area contributed by atoms with E-state index in [1.54, 1.807) is 0 Å². The molecule has 0 aromatic heterocycles. The summed E-state index contributed by atoms with van der Waals surface area (Å²) >= 11 is 0. The van der Waals surface area contributed by atoms with E-state index in [9.17, 15) is 0 Å². The summed E-state index contributed by atoms with van der Waals surface area (Å²) in [6, 6.07) is 1.20. The maximum Gasteiger partial charge on any atom is 0.0246 e. The van der Waals surface area contributed by atoms with Crippen molar-refractivity contribution in [3.05, 3.63) is 0 Å². The van der Waals surface area contributed by atoms with E-state index in [0.29, 0.717) is 12.1 Å². The standard InChI is InChI=1S/C13H28N2/c1-10(2)15(4)13(9-14)12-7-5-6-11(3)8-12/h10-13H,5-9,14H2,1-4H3. The first-order valence-corrected chi connectivity index (χ1v) is 6.48. The molecule has 3 unspecified atom stereocenters. The van der Waals surface area contributed by atoms with Gasteiger partial charge in [-0.2, -0.15) is 0 Å². The van der Waals surface area contributed by atoms with E-state index in [0.717, 1.165) is 18.4 Å². The molecule has 0 aliphatic heterocycles. The molecule has 2 heteroatoms. The van der Waals surface area contributed by atoms with E-state index in [2.05, 4.69) is 32.7 Å². The molecule has 0 aromatic rings. The van der Waals surface area contributed by atoms with Crippen LogP contribution in [0.15, 0.2) is 0 Å². The fraction of sp³-hybridized carbons (Fsp3) is 1.00. The molecule has 0 amide bonds. The van der Waals surface area contributed by atoms with Gasteiger partial charge < -0.3 is 5.73 Å². The van der Waals surface area contributed by atoms with Crippen molar-refractivity contribution in [1.82, 2.24) is 4.90 Å². The number of likely N-dealkylation sites (N-methyl/N-ethyl adjacent to an activating group) is 1. The lowest BCUT2D eigenvalue weighted by Crippen LogP contribution is -2.47. The molecular formula is C13H28N2. The van der Waals surface area contributed by atoms with Gasteiger partial charge in [0.05, 0.1) is 0 Å². The molecule has 2 nitrogen and oxygen atoms in total. The first-order chi connectivity index (χ1) is 7.06. The first-order valence-electron chi connectivity index (χ1n) is 6.48. The van der Waals surface area contributed by atoms with Crippen molar-refractivity contribution in [1.29, 1.82) is 0 Å². The van der Waals surface area contributed by atoms with Gasteiger partial charge in [0.15, 0.2) is 0 Å². The summed E-state index contributed by atoms with van der Waals surface area (Å²) in [5.41, 5.74) is 5.95. The molecule has 0 heterocycles. The van der Waals surface area contributed by atoms with E-state index >= 15 is 0 Å². The normalized spacial score (nSPS) is 29.8. The van der Waals surface area contributed by atoms with Crippen LogP contribution in [-0.2, 0) is 0 Å². The van der Waals surface area contributed by atoms with Crippen LogP contribution in [0.3, 0.4) is 0 Å². The van der Waals surface area contributed by atoms with Crippen molar-refractivity contribution >= 4 is 0 Å². The minimum absolute atomic E-state index is 0.591. The quantitative estimate of drug-likeness (QED) is 0.776.